The van der Waals surface area contributed by atoms with Crippen molar-refractivity contribution in [2.24, 2.45) is 47.3 Å². The van der Waals surface area contributed by atoms with Crippen LogP contribution in [0.15, 0.2) is 41.2 Å². The summed E-state index contributed by atoms with van der Waals surface area (Å²) < 4.78 is 1.99. The van der Waals surface area contributed by atoms with Crippen LogP contribution in [0.5, 0.6) is 0 Å². The maximum absolute atomic E-state index is 13.4. The highest BCUT2D eigenvalue weighted by molar-refractivity contribution is 6.06. The van der Waals surface area contributed by atoms with E-state index in [1.807, 2.05) is 35.8 Å². The highest BCUT2D eigenvalue weighted by atomic mass is 16.3. The summed E-state index contributed by atoms with van der Waals surface area (Å²) in [7, 11) is 0. The summed E-state index contributed by atoms with van der Waals surface area (Å²) in [6.45, 7) is 7.53. The molecule has 3 saturated carbocycles. The van der Waals surface area contributed by atoms with Gasteiger partial charge in [0.15, 0.2) is 0 Å². The van der Waals surface area contributed by atoms with Crippen LogP contribution in [0.1, 0.15) is 45.6 Å². The van der Waals surface area contributed by atoms with Gasteiger partial charge in [-0.1, -0.05) is 25.1 Å². The lowest BCUT2D eigenvalue weighted by Gasteiger charge is -2.35. The molecule has 0 spiro atoms. The molecular formula is C31H39N3O4. The van der Waals surface area contributed by atoms with Crippen LogP contribution in [-0.2, 0) is 9.59 Å². The predicted molar refractivity (Wildman–Crippen MR) is 144 cm³/mol. The molecule has 5 fully saturated rings. The van der Waals surface area contributed by atoms with Gasteiger partial charge < -0.3 is 14.6 Å². The Morgan fingerprint density at radius 3 is 2.32 bits per heavy atom. The van der Waals surface area contributed by atoms with Crippen LogP contribution in [-0.4, -0.2) is 63.6 Å². The van der Waals surface area contributed by atoms with E-state index in [9.17, 15) is 19.5 Å². The van der Waals surface area contributed by atoms with Crippen LogP contribution in [0, 0.1) is 47.3 Å². The highest BCUT2D eigenvalue weighted by Gasteiger charge is 2.67. The van der Waals surface area contributed by atoms with Crippen LogP contribution >= 0.6 is 0 Å². The standard InChI is InChI=1S/C31H39N3O4/c1-17-23-14-24(27(17)18(2)35)29-28(23)30(37)33(31(29)38)16-21-13-20(21)15-32-11-9-22(10-12-32)34-25-6-4-3-5-19(25)7-8-26(34)36/h3-8,17-18,20-24,27-29,35H,9-16H2,1-2H3/t17?,18?,20-,21-,23?,24?,27?,28?,29?/m1/s1. The van der Waals surface area contributed by atoms with Crippen LogP contribution in [0.25, 0.3) is 10.9 Å². The monoisotopic (exact) mass is 517 g/mol. The van der Waals surface area contributed by atoms with Gasteiger partial charge in [-0.05, 0) is 85.6 Å². The first-order valence-electron chi connectivity index (χ1n) is 14.7. The van der Waals surface area contributed by atoms with E-state index in [-0.39, 0.29) is 53.0 Å². The first-order chi connectivity index (χ1) is 18.3. The third kappa shape index (κ3) is 3.72. The molecule has 202 valence electrons. The number of para-hydroxylation sites is 1. The largest absolute Gasteiger partial charge is 0.393 e. The number of hydrogen-bond acceptors (Lipinski definition) is 5. The Hall–Kier alpha value is -2.51. The maximum Gasteiger partial charge on any atom is 0.251 e. The van der Waals surface area contributed by atoms with Gasteiger partial charge in [-0.25, -0.2) is 0 Å². The number of carbonyl (C=O) groups is 2. The molecule has 5 aliphatic rings. The topological polar surface area (TPSA) is 82.8 Å². The van der Waals surface area contributed by atoms with Gasteiger partial charge >= 0.3 is 0 Å². The number of fused-ring (bicyclic) bond motifs is 6. The summed E-state index contributed by atoms with van der Waals surface area (Å²) in [5.74, 6) is 1.55. The lowest BCUT2D eigenvalue weighted by molar-refractivity contribution is -0.141. The Balaban J connectivity index is 0.950. The molecule has 3 heterocycles. The molecule has 1 aromatic carbocycles. The summed E-state index contributed by atoms with van der Waals surface area (Å²) in [6, 6.07) is 11.9. The summed E-state index contributed by atoms with van der Waals surface area (Å²) in [5, 5.41) is 11.4. The molecule has 2 amide bonds. The van der Waals surface area contributed by atoms with Crippen LogP contribution in [0.4, 0.5) is 0 Å². The van der Waals surface area contributed by atoms with Crippen molar-refractivity contribution in [3.05, 3.63) is 46.8 Å². The number of amides is 2. The molecule has 7 nitrogen and oxygen atoms in total. The van der Waals surface area contributed by atoms with Crippen molar-refractivity contribution in [2.75, 3.05) is 26.2 Å². The van der Waals surface area contributed by atoms with E-state index < -0.39 is 6.10 Å². The maximum atomic E-state index is 13.4. The zero-order valence-corrected chi connectivity index (χ0v) is 22.4. The molecule has 7 heteroatoms. The normalized spacial score (nSPS) is 37.8. The molecule has 2 aromatic rings. The van der Waals surface area contributed by atoms with Gasteiger partial charge in [0.25, 0.3) is 5.56 Å². The fraction of sp³-hybridized carbons (Fsp3) is 0.645. The molecule has 2 bridgehead atoms. The fourth-order valence-corrected chi connectivity index (χ4v) is 9.14. The highest BCUT2D eigenvalue weighted by Crippen LogP contribution is 2.62. The summed E-state index contributed by atoms with van der Waals surface area (Å²) >= 11 is 0. The summed E-state index contributed by atoms with van der Waals surface area (Å²) in [5.41, 5.74) is 1.10. The van der Waals surface area contributed by atoms with Crippen molar-refractivity contribution in [1.82, 2.24) is 14.4 Å². The van der Waals surface area contributed by atoms with Gasteiger partial charge in [0.05, 0.1) is 23.5 Å². The zero-order chi connectivity index (χ0) is 26.3. The molecule has 0 radical (unpaired) electrons. The minimum absolute atomic E-state index is 0.0389. The lowest BCUT2D eigenvalue weighted by atomic mass is 9.68. The average Bonchev–Trinajstić information content (AvgIpc) is 3.26. The average molecular weight is 518 g/mol. The second kappa shape index (κ2) is 9.02. The number of aromatic nitrogens is 1. The molecule has 1 N–H and O–H groups in total. The number of aliphatic hydroxyl groups is 1. The van der Waals surface area contributed by atoms with E-state index in [0.717, 1.165) is 56.2 Å². The van der Waals surface area contributed by atoms with Crippen molar-refractivity contribution in [2.45, 2.75) is 51.7 Å². The molecule has 3 aliphatic carbocycles. The van der Waals surface area contributed by atoms with Crippen molar-refractivity contribution in [3.63, 3.8) is 0 Å². The number of nitrogens with zero attached hydrogens (tertiary/aromatic N) is 3. The van der Waals surface area contributed by atoms with E-state index in [1.54, 1.807) is 11.0 Å². The third-order valence-electron chi connectivity index (χ3n) is 11.0. The molecule has 38 heavy (non-hydrogen) atoms. The lowest BCUT2D eigenvalue weighted by Crippen LogP contribution is -2.40. The summed E-state index contributed by atoms with van der Waals surface area (Å²) in [4.78, 5) is 43.6. The van der Waals surface area contributed by atoms with E-state index in [1.165, 1.54) is 0 Å². The van der Waals surface area contributed by atoms with Crippen LogP contribution < -0.4 is 5.56 Å². The second-order valence-corrected chi connectivity index (χ2v) is 13.0. The number of benzene rings is 1. The van der Waals surface area contributed by atoms with Crippen molar-refractivity contribution in [3.8, 4) is 0 Å². The van der Waals surface area contributed by atoms with Crippen LogP contribution in [0.2, 0.25) is 0 Å². The fourth-order valence-electron chi connectivity index (χ4n) is 9.14. The minimum atomic E-state index is -0.422. The molecule has 7 unspecified atom stereocenters. The van der Waals surface area contributed by atoms with E-state index in [2.05, 4.69) is 17.9 Å². The minimum Gasteiger partial charge on any atom is -0.393 e. The number of piperidine rings is 1. The van der Waals surface area contributed by atoms with Crippen molar-refractivity contribution < 1.29 is 14.7 Å². The number of hydrogen-bond donors (Lipinski definition) is 1. The Morgan fingerprint density at radius 1 is 0.895 bits per heavy atom. The number of carbonyl (C=O) groups excluding carboxylic acids is 2. The number of imide groups is 1. The van der Waals surface area contributed by atoms with Gasteiger partial charge in [0, 0.05) is 38.3 Å². The smallest absolute Gasteiger partial charge is 0.251 e. The van der Waals surface area contributed by atoms with Gasteiger partial charge in [-0.2, -0.15) is 0 Å². The van der Waals surface area contributed by atoms with Gasteiger partial charge in [0.2, 0.25) is 11.8 Å². The second-order valence-electron chi connectivity index (χ2n) is 13.0. The van der Waals surface area contributed by atoms with Crippen LogP contribution in [0.3, 0.4) is 0 Å². The zero-order valence-electron chi connectivity index (χ0n) is 22.4. The van der Waals surface area contributed by atoms with E-state index in [4.69, 9.17) is 0 Å². The number of aliphatic hydroxyl groups excluding tert-OH is 1. The van der Waals surface area contributed by atoms with Gasteiger partial charge in [-0.15, -0.1) is 0 Å². The molecule has 9 atom stereocenters. The molecule has 1 aromatic heterocycles. The first-order valence-corrected chi connectivity index (χ1v) is 14.7. The quantitative estimate of drug-likeness (QED) is 0.596. The Morgan fingerprint density at radius 2 is 1.58 bits per heavy atom. The van der Waals surface area contributed by atoms with Crippen molar-refractivity contribution >= 4 is 22.7 Å². The van der Waals surface area contributed by atoms with Gasteiger partial charge in [0.1, 0.15) is 0 Å². The summed E-state index contributed by atoms with van der Waals surface area (Å²) in [6.07, 6.45) is 3.50. The predicted octanol–water partition coefficient (Wildman–Crippen LogP) is 3.16. The molecule has 2 aliphatic heterocycles. The number of likely N-dealkylation sites (tertiary alicyclic amines) is 2. The van der Waals surface area contributed by atoms with Gasteiger partial charge in [-0.3, -0.25) is 19.3 Å². The molecule has 2 saturated heterocycles. The number of pyridine rings is 1. The SMILES string of the molecule is CC(O)C1C(C)C2CC1C1C(=O)N(C[C@H]3C[C@@H]3CN3CCC(n4c(=O)ccc5ccccc54)CC3)C(=O)C21. The Labute approximate surface area is 223 Å². The third-order valence-corrected chi connectivity index (χ3v) is 11.0. The first kappa shape index (κ1) is 24.5. The van der Waals surface area contributed by atoms with E-state index in [0.29, 0.717) is 24.3 Å². The Bertz CT molecular complexity index is 1330. The molecule has 7 rings (SSSR count). The number of rotatable bonds is 6. The van der Waals surface area contributed by atoms with E-state index >= 15 is 0 Å². The van der Waals surface area contributed by atoms with Crippen molar-refractivity contribution in [1.29, 1.82) is 0 Å². The molecular weight excluding hydrogens is 478 g/mol. The Kier molecular flexibility index (Phi) is 5.82.